The molecule has 1 aromatic carbocycles. The number of anilines is 1. The highest BCUT2D eigenvalue weighted by atomic mass is 16.2. The van der Waals surface area contributed by atoms with Gasteiger partial charge in [-0.3, -0.25) is 9.59 Å². The molecular weight excluding hydrogens is 266 g/mol. The molecule has 0 aromatic heterocycles. The van der Waals surface area contributed by atoms with Crippen LogP contribution in [0.1, 0.15) is 29.6 Å². The molecule has 5 heteroatoms. The monoisotopic (exact) mass is 289 g/mol. The summed E-state index contributed by atoms with van der Waals surface area (Å²) in [4.78, 5) is 27.5. The number of hydrogen-bond donors (Lipinski definition) is 1. The third kappa shape index (κ3) is 4.29. The van der Waals surface area contributed by atoms with E-state index in [4.69, 9.17) is 0 Å². The van der Waals surface area contributed by atoms with E-state index in [1.54, 1.807) is 17.0 Å². The van der Waals surface area contributed by atoms with Gasteiger partial charge in [-0.1, -0.05) is 0 Å². The van der Waals surface area contributed by atoms with Crippen LogP contribution in [-0.4, -0.2) is 50.4 Å². The molecule has 0 spiro atoms. The topological polar surface area (TPSA) is 52.7 Å². The van der Waals surface area contributed by atoms with E-state index < -0.39 is 0 Å². The van der Waals surface area contributed by atoms with Crippen LogP contribution in [0.15, 0.2) is 24.3 Å². The van der Waals surface area contributed by atoms with Crippen molar-refractivity contribution in [1.82, 2.24) is 10.2 Å². The van der Waals surface area contributed by atoms with E-state index in [9.17, 15) is 9.59 Å². The molecule has 2 amide bonds. The molecule has 1 heterocycles. The molecule has 0 bridgehead atoms. The minimum atomic E-state index is -0.0620. The molecule has 0 aliphatic carbocycles. The maximum absolute atomic E-state index is 12.0. The summed E-state index contributed by atoms with van der Waals surface area (Å²) < 4.78 is 0. The van der Waals surface area contributed by atoms with Crippen LogP contribution in [0.4, 0.5) is 5.69 Å². The van der Waals surface area contributed by atoms with Crippen molar-refractivity contribution < 1.29 is 9.59 Å². The standard InChI is InChI=1S/C16H23N3O2/c1-18(2)11-4-10-17-16(21)13-6-8-14(9-7-13)19-12-3-5-15(19)20/h6-9H,3-5,10-12H2,1-2H3,(H,17,21). The van der Waals surface area contributed by atoms with E-state index >= 15 is 0 Å². The normalized spacial score (nSPS) is 14.8. The zero-order chi connectivity index (χ0) is 15.2. The Hall–Kier alpha value is -1.88. The molecule has 5 nitrogen and oxygen atoms in total. The number of rotatable bonds is 6. The molecule has 0 atom stereocenters. The number of carbonyl (C=O) groups is 2. The summed E-state index contributed by atoms with van der Waals surface area (Å²) in [6, 6.07) is 7.25. The number of nitrogens with zero attached hydrogens (tertiary/aromatic N) is 2. The molecule has 1 aliphatic rings. The molecular formula is C16H23N3O2. The number of nitrogens with one attached hydrogen (secondary N) is 1. The average Bonchev–Trinajstić information content (AvgIpc) is 2.89. The summed E-state index contributed by atoms with van der Waals surface area (Å²) in [6.07, 6.45) is 2.46. The Labute approximate surface area is 125 Å². The molecule has 1 fully saturated rings. The molecule has 0 saturated carbocycles. The molecule has 21 heavy (non-hydrogen) atoms. The van der Waals surface area contributed by atoms with Crippen LogP contribution in [0, 0.1) is 0 Å². The molecule has 1 saturated heterocycles. The van der Waals surface area contributed by atoms with Gasteiger partial charge in [-0.2, -0.15) is 0 Å². The van der Waals surface area contributed by atoms with Crippen molar-refractivity contribution in [1.29, 1.82) is 0 Å². The second kappa shape index (κ2) is 7.22. The zero-order valence-electron chi connectivity index (χ0n) is 12.8. The summed E-state index contributed by atoms with van der Waals surface area (Å²) in [7, 11) is 4.03. The van der Waals surface area contributed by atoms with Gasteiger partial charge in [-0.15, -0.1) is 0 Å². The molecule has 1 N–H and O–H groups in total. The van der Waals surface area contributed by atoms with Crippen LogP contribution >= 0.6 is 0 Å². The van der Waals surface area contributed by atoms with E-state index in [0.717, 1.165) is 31.6 Å². The molecule has 114 valence electrons. The van der Waals surface area contributed by atoms with Gasteiger partial charge in [0.15, 0.2) is 0 Å². The first-order valence-electron chi connectivity index (χ1n) is 7.41. The maximum Gasteiger partial charge on any atom is 0.251 e. The molecule has 2 rings (SSSR count). The van der Waals surface area contributed by atoms with Gasteiger partial charge in [-0.25, -0.2) is 0 Å². The lowest BCUT2D eigenvalue weighted by Crippen LogP contribution is -2.27. The quantitative estimate of drug-likeness (QED) is 0.807. The van der Waals surface area contributed by atoms with Crippen LogP contribution < -0.4 is 10.2 Å². The number of hydrogen-bond acceptors (Lipinski definition) is 3. The summed E-state index contributed by atoms with van der Waals surface area (Å²) in [6.45, 7) is 2.40. The van der Waals surface area contributed by atoms with Crippen LogP contribution in [0.25, 0.3) is 0 Å². The van der Waals surface area contributed by atoms with Crippen molar-refractivity contribution >= 4 is 17.5 Å². The summed E-state index contributed by atoms with van der Waals surface area (Å²) >= 11 is 0. The van der Waals surface area contributed by atoms with Crippen LogP contribution in [0.3, 0.4) is 0 Å². The lowest BCUT2D eigenvalue weighted by Gasteiger charge is -2.16. The Balaban J connectivity index is 1.86. The minimum Gasteiger partial charge on any atom is -0.352 e. The first-order chi connectivity index (χ1) is 10.1. The SMILES string of the molecule is CN(C)CCCNC(=O)c1ccc(N2CCCC2=O)cc1. The van der Waals surface area contributed by atoms with Crippen molar-refractivity contribution in [2.45, 2.75) is 19.3 Å². The molecule has 1 aromatic rings. The highest BCUT2D eigenvalue weighted by Crippen LogP contribution is 2.21. The first-order valence-corrected chi connectivity index (χ1v) is 7.41. The third-order valence-corrected chi connectivity index (χ3v) is 3.58. The van der Waals surface area contributed by atoms with Gasteiger partial charge < -0.3 is 15.1 Å². The second-order valence-electron chi connectivity index (χ2n) is 5.61. The fourth-order valence-corrected chi connectivity index (χ4v) is 2.41. The maximum atomic E-state index is 12.0. The predicted octanol–water partition coefficient (Wildman–Crippen LogP) is 1.49. The van der Waals surface area contributed by atoms with Crippen molar-refractivity contribution in [3.63, 3.8) is 0 Å². The van der Waals surface area contributed by atoms with E-state index in [1.165, 1.54) is 0 Å². The van der Waals surface area contributed by atoms with E-state index in [0.29, 0.717) is 18.5 Å². The Morgan fingerprint density at radius 3 is 2.57 bits per heavy atom. The van der Waals surface area contributed by atoms with Crippen molar-refractivity contribution in [3.05, 3.63) is 29.8 Å². The Kier molecular flexibility index (Phi) is 5.33. The van der Waals surface area contributed by atoms with Gasteiger partial charge in [0, 0.05) is 30.8 Å². The van der Waals surface area contributed by atoms with Crippen molar-refractivity contribution in [2.24, 2.45) is 0 Å². The zero-order valence-corrected chi connectivity index (χ0v) is 12.8. The Morgan fingerprint density at radius 1 is 1.29 bits per heavy atom. The Bertz CT molecular complexity index is 497. The number of carbonyl (C=O) groups excluding carboxylic acids is 2. The number of amides is 2. The van der Waals surface area contributed by atoms with Gasteiger partial charge in [0.1, 0.15) is 0 Å². The first kappa shape index (κ1) is 15.5. The largest absolute Gasteiger partial charge is 0.352 e. The van der Waals surface area contributed by atoms with Gasteiger partial charge >= 0.3 is 0 Å². The van der Waals surface area contributed by atoms with E-state index in [2.05, 4.69) is 10.2 Å². The molecule has 1 aliphatic heterocycles. The van der Waals surface area contributed by atoms with E-state index in [-0.39, 0.29) is 11.8 Å². The summed E-state index contributed by atoms with van der Waals surface area (Å²) in [5, 5.41) is 2.91. The summed E-state index contributed by atoms with van der Waals surface area (Å²) in [5.41, 5.74) is 1.51. The Morgan fingerprint density at radius 2 is 2.00 bits per heavy atom. The van der Waals surface area contributed by atoms with Crippen LogP contribution in [0.5, 0.6) is 0 Å². The fraction of sp³-hybridized carbons (Fsp3) is 0.500. The smallest absolute Gasteiger partial charge is 0.251 e. The lowest BCUT2D eigenvalue weighted by atomic mass is 10.2. The predicted molar refractivity (Wildman–Crippen MR) is 83.5 cm³/mol. The van der Waals surface area contributed by atoms with Gasteiger partial charge in [0.2, 0.25) is 5.91 Å². The average molecular weight is 289 g/mol. The third-order valence-electron chi connectivity index (χ3n) is 3.58. The second-order valence-corrected chi connectivity index (χ2v) is 5.61. The lowest BCUT2D eigenvalue weighted by molar-refractivity contribution is -0.117. The van der Waals surface area contributed by atoms with Crippen molar-refractivity contribution in [2.75, 3.05) is 38.6 Å². The van der Waals surface area contributed by atoms with Crippen LogP contribution in [-0.2, 0) is 4.79 Å². The molecule has 0 radical (unpaired) electrons. The highest BCUT2D eigenvalue weighted by molar-refractivity contribution is 5.97. The van der Waals surface area contributed by atoms with Crippen LogP contribution in [0.2, 0.25) is 0 Å². The van der Waals surface area contributed by atoms with Gasteiger partial charge in [-0.05, 0) is 57.7 Å². The van der Waals surface area contributed by atoms with Gasteiger partial charge in [0.05, 0.1) is 0 Å². The van der Waals surface area contributed by atoms with E-state index in [1.807, 2.05) is 26.2 Å². The molecule has 0 unspecified atom stereocenters. The fourth-order valence-electron chi connectivity index (χ4n) is 2.41. The van der Waals surface area contributed by atoms with Gasteiger partial charge in [0.25, 0.3) is 5.91 Å². The highest BCUT2D eigenvalue weighted by Gasteiger charge is 2.21. The minimum absolute atomic E-state index is 0.0620. The summed E-state index contributed by atoms with van der Waals surface area (Å²) in [5.74, 6) is 0.101. The number of benzene rings is 1. The van der Waals surface area contributed by atoms with Crippen molar-refractivity contribution in [3.8, 4) is 0 Å².